The first-order chi connectivity index (χ1) is 13.5. The molecule has 0 fully saturated rings. The molecule has 0 radical (unpaired) electrons. The number of hydrogen-bond donors (Lipinski definition) is 0. The van der Waals surface area contributed by atoms with Crippen LogP contribution in [-0.2, 0) is 13.1 Å². The normalized spacial score (nSPS) is 10.9. The maximum Gasteiger partial charge on any atom is 0.254 e. The van der Waals surface area contributed by atoms with Crippen molar-refractivity contribution in [3.8, 4) is 5.75 Å². The van der Waals surface area contributed by atoms with Gasteiger partial charge in [-0.05, 0) is 55.8 Å². The van der Waals surface area contributed by atoms with Gasteiger partial charge in [-0.2, -0.15) is 0 Å². The van der Waals surface area contributed by atoms with E-state index in [-0.39, 0.29) is 17.8 Å². The summed E-state index contributed by atoms with van der Waals surface area (Å²) in [5.41, 5.74) is 1.54. The van der Waals surface area contributed by atoms with Gasteiger partial charge in [0.25, 0.3) is 5.91 Å². The van der Waals surface area contributed by atoms with Crippen molar-refractivity contribution in [3.63, 3.8) is 0 Å². The molecule has 0 aliphatic rings. The Morgan fingerprint density at radius 2 is 1.96 bits per heavy atom. The summed E-state index contributed by atoms with van der Waals surface area (Å²) in [5.74, 6) is 1.08. The van der Waals surface area contributed by atoms with E-state index in [0.29, 0.717) is 18.7 Å². The van der Waals surface area contributed by atoms with Crippen molar-refractivity contribution in [2.75, 3.05) is 7.11 Å². The van der Waals surface area contributed by atoms with Crippen LogP contribution in [0.1, 0.15) is 35.6 Å². The zero-order valence-electron chi connectivity index (χ0n) is 16.3. The van der Waals surface area contributed by atoms with Crippen LogP contribution in [0.15, 0.2) is 60.9 Å². The van der Waals surface area contributed by atoms with Gasteiger partial charge in [0.1, 0.15) is 17.4 Å². The number of methoxy groups -OCH3 is 1. The van der Waals surface area contributed by atoms with Crippen LogP contribution in [0, 0.1) is 5.82 Å². The van der Waals surface area contributed by atoms with E-state index < -0.39 is 0 Å². The van der Waals surface area contributed by atoms with E-state index in [4.69, 9.17) is 4.74 Å². The largest absolute Gasteiger partial charge is 0.497 e. The van der Waals surface area contributed by atoms with Crippen molar-refractivity contribution in [1.29, 1.82) is 0 Å². The fraction of sp³-hybridized carbons (Fsp3) is 0.273. The van der Waals surface area contributed by atoms with Gasteiger partial charge in [-0.1, -0.05) is 12.1 Å². The van der Waals surface area contributed by atoms with Gasteiger partial charge in [-0.25, -0.2) is 9.37 Å². The fourth-order valence-corrected chi connectivity index (χ4v) is 3.00. The molecule has 0 spiro atoms. The Morgan fingerprint density at radius 1 is 1.21 bits per heavy atom. The third kappa shape index (κ3) is 4.57. The number of carbonyl (C=O) groups excluding carboxylic acids is 1. The Labute approximate surface area is 164 Å². The lowest BCUT2D eigenvalue weighted by Crippen LogP contribution is -2.37. The first-order valence-electron chi connectivity index (χ1n) is 9.17. The van der Waals surface area contributed by atoms with Crippen molar-refractivity contribution in [3.05, 3.63) is 83.7 Å². The van der Waals surface area contributed by atoms with Crippen LogP contribution in [-0.4, -0.2) is 33.5 Å². The maximum atomic E-state index is 13.2. The van der Waals surface area contributed by atoms with E-state index in [2.05, 4.69) is 4.98 Å². The Morgan fingerprint density at radius 3 is 2.64 bits per heavy atom. The molecule has 3 rings (SSSR count). The molecule has 0 N–H and O–H groups in total. The number of carbonyl (C=O) groups is 1. The molecular weight excluding hydrogens is 357 g/mol. The van der Waals surface area contributed by atoms with Crippen LogP contribution in [0.25, 0.3) is 0 Å². The topological polar surface area (TPSA) is 47.4 Å². The molecule has 2 aromatic carbocycles. The number of hydrogen-bond acceptors (Lipinski definition) is 3. The lowest BCUT2D eigenvalue weighted by atomic mass is 10.1. The van der Waals surface area contributed by atoms with Crippen LogP contribution in [0.5, 0.6) is 5.75 Å². The number of rotatable bonds is 7. The Balaban J connectivity index is 1.80. The monoisotopic (exact) mass is 381 g/mol. The van der Waals surface area contributed by atoms with Gasteiger partial charge in [0.2, 0.25) is 0 Å². The molecule has 3 aromatic rings. The van der Waals surface area contributed by atoms with Gasteiger partial charge in [-0.15, -0.1) is 0 Å². The summed E-state index contributed by atoms with van der Waals surface area (Å²) in [5, 5.41) is 0. The van der Waals surface area contributed by atoms with Gasteiger partial charge >= 0.3 is 0 Å². The molecule has 0 saturated heterocycles. The van der Waals surface area contributed by atoms with Crippen LogP contribution < -0.4 is 4.74 Å². The van der Waals surface area contributed by atoms with Gasteiger partial charge in [0.05, 0.1) is 13.7 Å². The number of amides is 1. The highest BCUT2D eigenvalue weighted by Crippen LogP contribution is 2.17. The van der Waals surface area contributed by atoms with E-state index in [9.17, 15) is 9.18 Å². The molecule has 1 amide bonds. The molecule has 0 aliphatic heterocycles. The van der Waals surface area contributed by atoms with Crippen molar-refractivity contribution in [2.24, 2.45) is 0 Å². The Kier molecular flexibility index (Phi) is 6.09. The predicted octanol–water partition coefficient (Wildman–Crippen LogP) is 4.13. The van der Waals surface area contributed by atoms with E-state index >= 15 is 0 Å². The second-order valence-electron chi connectivity index (χ2n) is 6.86. The molecule has 0 saturated carbocycles. The summed E-state index contributed by atoms with van der Waals surface area (Å²) >= 11 is 0. The number of imidazole rings is 1. The predicted molar refractivity (Wildman–Crippen MR) is 106 cm³/mol. The van der Waals surface area contributed by atoms with Gasteiger partial charge in [0, 0.05) is 30.5 Å². The van der Waals surface area contributed by atoms with Crippen molar-refractivity contribution in [1.82, 2.24) is 14.5 Å². The third-order valence-corrected chi connectivity index (χ3v) is 4.58. The number of aromatic nitrogens is 2. The fourth-order valence-electron chi connectivity index (χ4n) is 3.00. The van der Waals surface area contributed by atoms with Crippen LogP contribution in [0.4, 0.5) is 4.39 Å². The quantitative estimate of drug-likeness (QED) is 0.618. The van der Waals surface area contributed by atoms with Gasteiger partial charge in [-0.3, -0.25) is 4.79 Å². The second kappa shape index (κ2) is 8.69. The smallest absolute Gasteiger partial charge is 0.254 e. The third-order valence-electron chi connectivity index (χ3n) is 4.58. The van der Waals surface area contributed by atoms with Crippen molar-refractivity contribution in [2.45, 2.75) is 33.0 Å². The maximum absolute atomic E-state index is 13.2. The van der Waals surface area contributed by atoms with Crippen LogP contribution >= 0.6 is 0 Å². The SMILES string of the molecule is COc1cccc(Cn2ccnc2CN(C(=O)c2ccc(F)cc2)C(C)C)c1. The molecule has 0 aliphatic carbocycles. The molecule has 0 atom stereocenters. The number of nitrogens with zero attached hydrogens (tertiary/aromatic N) is 3. The minimum absolute atomic E-state index is 0.0282. The summed E-state index contributed by atoms with van der Waals surface area (Å²) in [6.45, 7) is 4.90. The summed E-state index contributed by atoms with van der Waals surface area (Å²) in [6, 6.07) is 13.4. The number of benzene rings is 2. The molecule has 1 heterocycles. The Hall–Kier alpha value is -3.15. The van der Waals surface area contributed by atoms with Crippen LogP contribution in [0.2, 0.25) is 0 Å². The average Bonchev–Trinajstić information content (AvgIpc) is 3.12. The van der Waals surface area contributed by atoms with E-state index in [1.54, 1.807) is 18.2 Å². The van der Waals surface area contributed by atoms with E-state index in [1.807, 2.05) is 48.9 Å². The van der Waals surface area contributed by atoms with Gasteiger partial charge in [0.15, 0.2) is 0 Å². The first-order valence-corrected chi connectivity index (χ1v) is 9.17. The molecule has 146 valence electrons. The molecule has 6 heteroatoms. The second-order valence-corrected chi connectivity index (χ2v) is 6.86. The standard InChI is InChI=1S/C22H24FN3O2/c1-16(2)26(22(27)18-7-9-19(23)10-8-18)15-21-24-11-12-25(21)14-17-5-4-6-20(13-17)28-3/h4-13,16H,14-15H2,1-3H3. The zero-order valence-corrected chi connectivity index (χ0v) is 16.3. The Bertz CT molecular complexity index is 935. The molecule has 0 bridgehead atoms. The number of ether oxygens (including phenoxy) is 1. The summed E-state index contributed by atoms with van der Waals surface area (Å²) in [7, 11) is 1.64. The zero-order chi connectivity index (χ0) is 20.1. The molecule has 0 unspecified atom stereocenters. The average molecular weight is 381 g/mol. The first kappa shape index (κ1) is 19.6. The highest BCUT2D eigenvalue weighted by molar-refractivity contribution is 5.94. The molecule has 28 heavy (non-hydrogen) atoms. The lowest BCUT2D eigenvalue weighted by molar-refractivity contribution is 0.0683. The van der Waals surface area contributed by atoms with Crippen molar-refractivity contribution < 1.29 is 13.9 Å². The minimum atomic E-state index is -0.360. The summed E-state index contributed by atoms with van der Waals surface area (Å²) in [4.78, 5) is 19.1. The highest BCUT2D eigenvalue weighted by Gasteiger charge is 2.21. The van der Waals surface area contributed by atoms with Crippen LogP contribution in [0.3, 0.4) is 0 Å². The highest BCUT2D eigenvalue weighted by atomic mass is 19.1. The summed E-state index contributed by atoms with van der Waals surface area (Å²) in [6.07, 6.45) is 3.63. The lowest BCUT2D eigenvalue weighted by Gasteiger charge is -2.27. The molecular formula is C22H24FN3O2. The van der Waals surface area contributed by atoms with Gasteiger partial charge < -0.3 is 14.2 Å². The molecule has 5 nitrogen and oxygen atoms in total. The summed E-state index contributed by atoms with van der Waals surface area (Å²) < 4.78 is 20.5. The van der Waals surface area contributed by atoms with Crippen molar-refractivity contribution >= 4 is 5.91 Å². The molecule has 1 aromatic heterocycles. The van der Waals surface area contributed by atoms with E-state index in [0.717, 1.165) is 17.1 Å². The minimum Gasteiger partial charge on any atom is -0.497 e. The number of halogens is 1. The van der Waals surface area contributed by atoms with E-state index in [1.165, 1.54) is 24.3 Å².